The molecule has 1 aromatic carbocycles. The van der Waals surface area contributed by atoms with E-state index in [0.717, 1.165) is 29.1 Å². The zero-order valence-corrected chi connectivity index (χ0v) is 10.9. The first-order valence-corrected chi connectivity index (χ1v) is 6.24. The quantitative estimate of drug-likeness (QED) is 0.866. The molecule has 2 N–H and O–H groups in total. The molecule has 5 heteroatoms. The summed E-state index contributed by atoms with van der Waals surface area (Å²) in [5.74, 6) is 0.774. The van der Waals surface area contributed by atoms with E-state index in [1.807, 2.05) is 32.0 Å². The van der Waals surface area contributed by atoms with Crippen LogP contribution < -0.4 is 10.1 Å². The molecule has 0 bridgehead atoms. The Balaban J connectivity index is 1.84. The molecule has 1 aliphatic rings. The van der Waals surface area contributed by atoms with E-state index in [1.165, 1.54) is 0 Å². The summed E-state index contributed by atoms with van der Waals surface area (Å²) >= 11 is 0. The fourth-order valence-corrected chi connectivity index (χ4v) is 2.34. The van der Waals surface area contributed by atoms with Crippen molar-refractivity contribution in [1.29, 1.82) is 0 Å². The smallest absolute Gasteiger partial charge is 0.259 e. The summed E-state index contributed by atoms with van der Waals surface area (Å²) in [4.78, 5) is 12.2. The number of amides is 1. The Labute approximate surface area is 111 Å². The van der Waals surface area contributed by atoms with E-state index in [4.69, 9.17) is 4.74 Å². The predicted octanol–water partition coefficient (Wildman–Crippen LogP) is 2.21. The van der Waals surface area contributed by atoms with Crippen LogP contribution in [0.15, 0.2) is 18.2 Å². The van der Waals surface area contributed by atoms with Crippen molar-refractivity contribution in [2.45, 2.75) is 20.3 Å². The lowest BCUT2D eigenvalue weighted by Gasteiger charge is -2.07. The van der Waals surface area contributed by atoms with Crippen LogP contribution in [0.25, 0.3) is 0 Å². The van der Waals surface area contributed by atoms with E-state index in [-0.39, 0.29) is 5.91 Å². The summed E-state index contributed by atoms with van der Waals surface area (Å²) in [5.41, 5.74) is 4.02. The summed E-state index contributed by atoms with van der Waals surface area (Å²) in [7, 11) is 0. The number of ether oxygens (including phenoxy) is 1. The normalized spacial score (nSPS) is 12.9. The number of aromatic amines is 1. The Bertz CT molecular complexity index is 627. The number of fused-ring (bicyclic) bond motifs is 1. The van der Waals surface area contributed by atoms with Crippen molar-refractivity contribution < 1.29 is 9.53 Å². The number of carbonyl (C=O) groups is 1. The van der Waals surface area contributed by atoms with Gasteiger partial charge in [-0.15, -0.1) is 0 Å². The standard InChI is InChI=1S/C14H15N3O2/c1-8-13(9(2)17-16-8)14(18)15-11-3-4-12-10(7-11)5-6-19-12/h3-4,7H,5-6H2,1-2H3,(H,15,18)(H,16,17). The average Bonchev–Trinajstić information content (AvgIpc) is 2.95. The molecule has 0 aliphatic carbocycles. The molecule has 0 radical (unpaired) electrons. The highest BCUT2D eigenvalue weighted by molar-refractivity contribution is 6.05. The van der Waals surface area contributed by atoms with Crippen LogP contribution in [0.4, 0.5) is 5.69 Å². The Morgan fingerprint density at radius 3 is 3.00 bits per heavy atom. The summed E-state index contributed by atoms with van der Waals surface area (Å²) < 4.78 is 5.44. The number of hydrogen-bond acceptors (Lipinski definition) is 3. The summed E-state index contributed by atoms with van der Waals surface area (Å²) in [5, 5.41) is 9.75. The minimum absolute atomic E-state index is 0.136. The van der Waals surface area contributed by atoms with Crippen molar-refractivity contribution in [3.05, 3.63) is 40.7 Å². The van der Waals surface area contributed by atoms with Gasteiger partial charge in [-0.2, -0.15) is 5.10 Å². The maximum absolute atomic E-state index is 12.2. The number of aromatic nitrogens is 2. The molecule has 2 heterocycles. The van der Waals surface area contributed by atoms with Crippen LogP contribution in [0.1, 0.15) is 27.3 Å². The molecule has 0 fully saturated rings. The molecule has 19 heavy (non-hydrogen) atoms. The Hall–Kier alpha value is -2.30. The van der Waals surface area contributed by atoms with Crippen LogP contribution in [0.3, 0.4) is 0 Å². The lowest BCUT2D eigenvalue weighted by molar-refractivity contribution is 0.102. The maximum Gasteiger partial charge on any atom is 0.259 e. The fraction of sp³-hybridized carbons (Fsp3) is 0.286. The van der Waals surface area contributed by atoms with Gasteiger partial charge in [-0.05, 0) is 37.6 Å². The van der Waals surface area contributed by atoms with E-state index in [1.54, 1.807) is 0 Å². The predicted molar refractivity (Wildman–Crippen MR) is 71.7 cm³/mol. The first-order chi connectivity index (χ1) is 9.15. The molecule has 0 spiro atoms. The van der Waals surface area contributed by atoms with E-state index >= 15 is 0 Å². The topological polar surface area (TPSA) is 67.0 Å². The van der Waals surface area contributed by atoms with Gasteiger partial charge in [-0.3, -0.25) is 9.89 Å². The minimum Gasteiger partial charge on any atom is -0.493 e. The minimum atomic E-state index is -0.136. The van der Waals surface area contributed by atoms with Gasteiger partial charge in [0.1, 0.15) is 5.75 Å². The monoisotopic (exact) mass is 257 g/mol. The SMILES string of the molecule is Cc1n[nH]c(C)c1C(=O)Nc1ccc2c(c1)CCO2. The van der Waals surface area contributed by atoms with Crippen molar-refractivity contribution >= 4 is 11.6 Å². The zero-order valence-electron chi connectivity index (χ0n) is 10.9. The highest BCUT2D eigenvalue weighted by atomic mass is 16.5. The van der Waals surface area contributed by atoms with Crippen molar-refractivity contribution in [3.8, 4) is 5.75 Å². The fourth-order valence-electron chi connectivity index (χ4n) is 2.34. The van der Waals surface area contributed by atoms with Crippen molar-refractivity contribution in [2.24, 2.45) is 0 Å². The molecule has 5 nitrogen and oxygen atoms in total. The van der Waals surface area contributed by atoms with Crippen molar-refractivity contribution in [2.75, 3.05) is 11.9 Å². The first kappa shape index (κ1) is 11.8. The van der Waals surface area contributed by atoms with Gasteiger partial charge in [-0.1, -0.05) is 0 Å². The number of hydrogen-bond donors (Lipinski definition) is 2. The molecular weight excluding hydrogens is 242 g/mol. The maximum atomic E-state index is 12.2. The van der Waals surface area contributed by atoms with Gasteiger partial charge in [0.2, 0.25) is 0 Å². The van der Waals surface area contributed by atoms with Gasteiger partial charge in [0.15, 0.2) is 0 Å². The number of rotatable bonds is 2. The van der Waals surface area contributed by atoms with Gasteiger partial charge in [0, 0.05) is 17.8 Å². The summed E-state index contributed by atoms with van der Waals surface area (Å²) in [6.07, 6.45) is 0.892. The average molecular weight is 257 g/mol. The number of aryl methyl sites for hydroxylation is 2. The molecule has 3 rings (SSSR count). The van der Waals surface area contributed by atoms with E-state index in [9.17, 15) is 4.79 Å². The Kier molecular flexibility index (Phi) is 2.74. The highest BCUT2D eigenvalue weighted by Crippen LogP contribution is 2.28. The molecule has 1 amide bonds. The third-order valence-corrected chi connectivity index (χ3v) is 3.30. The molecular formula is C14H15N3O2. The van der Waals surface area contributed by atoms with Gasteiger partial charge in [0.25, 0.3) is 5.91 Å². The van der Waals surface area contributed by atoms with Gasteiger partial charge >= 0.3 is 0 Å². The van der Waals surface area contributed by atoms with Crippen LogP contribution in [0.5, 0.6) is 5.75 Å². The summed E-state index contributed by atoms with van der Waals surface area (Å²) in [6, 6.07) is 5.71. The van der Waals surface area contributed by atoms with Crippen molar-refractivity contribution in [3.63, 3.8) is 0 Å². The highest BCUT2D eigenvalue weighted by Gasteiger charge is 2.17. The number of nitrogens with one attached hydrogen (secondary N) is 2. The largest absolute Gasteiger partial charge is 0.493 e. The van der Waals surface area contributed by atoms with Crippen LogP contribution in [-0.2, 0) is 6.42 Å². The lowest BCUT2D eigenvalue weighted by atomic mass is 10.1. The first-order valence-electron chi connectivity index (χ1n) is 6.24. The van der Waals surface area contributed by atoms with Crippen LogP contribution in [0, 0.1) is 13.8 Å². The molecule has 98 valence electrons. The zero-order chi connectivity index (χ0) is 13.4. The molecule has 1 aromatic heterocycles. The van der Waals surface area contributed by atoms with Crippen LogP contribution in [-0.4, -0.2) is 22.7 Å². The van der Waals surface area contributed by atoms with Crippen molar-refractivity contribution in [1.82, 2.24) is 10.2 Å². The third-order valence-electron chi connectivity index (χ3n) is 3.30. The number of benzene rings is 1. The number of anilines is 1. The Morgan fingerprint density at radius 2 is 2.26 bits per heavy atom. The lowest BCUT2D eigenvalue weighted by Crippen LogP contribution is -2.13. The molecule has 0 saturated carbocycles. The molecule has 0 unspecified atom stereocenters. The number of nitrogens with zero attached hydrogens (tertiary/aromatic N) is 1. The molecule has 0 atom stereocenters. The van der Waals surface area contributed by atoms with E-state index in [2.05, 4.69) is 15.5 Å². The van der Waals surface area contributed by atoms with Gasteiger partial charge < -0.3 is 10.1 Å². The third kappa shape index (κ3) is 2.07. The Morgan fingerprint density at radius 1 is 1.42 bits per heavy atom. The second-order valence-electron chi connectivity index (χ2n) is 4.68. The van der Waals surface area contributed by atoms with Gasteiger partial charge in [-0.25, -0.2) is 0 Å². The van der Waals surface area contributed by atoms with E-state index < -0.39 is 0 Å². The van der Waals surface area contributed by atoms with E-state index in [0.29, 0.717) is 17.9 Å². The van der Waals surface area contributed by atoms with Gasteiger partial charge in [0.05, 0.1) is 17.9 Å². The molecule has 1 aliphatic heterocycles. The second kappa shape index (κ2) is 4.42. The molecule has 0 saturated heterocycles. The number of carbonyl (C=O) groups excluding carboxylic acids is 1. The van der Waals surface area contributed by atoms with Crippen LogP contribution >= 0.6 is 0 Å². The number of H-pyrrole nitrogens is 1. The van der Waals surface area contributed by atoms with Crippen LogP contribution in [0.2, 0.25) is 0 Å². The molecule has 2 aromatic rings. The second-order valence-corrected chi connectivity index (χ2v) is 4.68. The summed E-state index contributed by atoms with van der Waals surface area (Å²) in [6.45, 7) is 4.37.